The fraction of sp³-hybridized carbons (Fsp3) is 0.278. The highest BCUT2D eigenvalue weighted by molar-refractivity contribution is 5.97. The van der Waals surface area contributed by atoms with Crippen LogP contribution in [0.1, 0.15) is 19.4 Å². The van der Waals surface area contributed by atoms with Gasteiger partial charge in [-0.1, -0.05) is 19.1 Å². The van der Waals surface area contributed by atoms with Crippen LogP contribution in [0.4, 0.5) is 17.1 Å². The molecule has 2 aromatic rings. The maximum absolute atomic E-state index is 12.4. The Morgan fingerprint density at radius 1 is 1.24 bits per heavy atom. The Labute approximate surface area is 146 Å². The Balaban J connectivity index is 2.06. The van der Waals surface area contributed by atoms with Crippen LogP contribution in [0.2, 0.25) is 0 Å². The van der Waals surface area contributed by atoms with Crippen molar-refractivity contribution < 1.29 is 14.5 Å². The predicted octanol–water partition coefficient (Wildman–Crippen LogP) is 3.60. The molecule has 7 nitrogen and oxygen atoms in total. The molecule has 0 radical (unpaired) electrons. The zero-order valence-electron chi connectivity index (χ0n) is 14.4. The highest BCUT2D eigenvalue weighted by Crippen LogP contribution is 2.29. The van der Waals surface area contributed by atoms with Gasteiger partial charge in [0.1, 0.15) is 11.8 Å². The number of nitrogens with one attached hydrogen (secondary N) is 2. The summed E-state index contributed by atoms with van der Waals surface area (Å²) in [6.07, 6.45) is 0.955. The fourth-order valence-electron chi connectivity index (χ4n) is 2.29. The number of hydrogen-bond donors (Lipinski definition) is 2. The molecule has 0 spiro atoms. The van der Waals surface area contributed by atoms with Gasteiger partial charge in [-0.2, -0.15) is 0 Å². The third-order valence-electron chi connectivity index (χ3n) is 3.79. The van der Waals surface area contributed by atoms with Crippen molar-refractivity contribution >= 4 is 23.0 Å². The van der Waals surface area contributed by atoms with Gasteiger partial charge >= 0.3 is 0 Å². The Morgan fingerprint density at radius 2 is 1.92 bits per heavy atom. The highest BCUT2D eigenvalue weighted by Gasteiger charge is 2.17. The normalized spacial score (nSPS) is 11.5. The number of hydrogen-bond acceptors (Lipinski definition) is 5. The van der Waals surface area contributed by atoms with Crippen LogP contribution in [0.25, 0.3) is 0 Å². The van der Waals surface area contributed by atoms with Crippen LogP contribution in [0.5, 0.6) is 5.75 Å². The number of nitro groups is 1. The fourth-order valence-corrected chi connectivity index (χ4v) is 2.29. The molecule has 7 heteroatoms. The number of benzene rings is 2. The van der Waals surface area contributed by atoms with Crippen LogP contribution < -0.4 is 15.4 Å². The first-order valence-corrected chi connectivity index (χ1v) is 7.93. The van der Waals surface area contributed by atoms with Gasteiger partial charge in [0.05, 0.1) is 23.8 Å². The molecule has 132 valence electrons. The number of nitrogens with zero attached hydrogens (tertiary/aromatic N) is 1. The van der Waals surface area contributed by atoms with E-state index >= 15 is 0 Å². The summed E-state index contributed by atoms with van der Waals surface area (Å²) in [6, 6.07) is 11.4. The minimum absolute atomic E-state index is 0.1000. The molecule has 0 aliphatic carbocycles. The predicted molar refractivity (Wildman–Crippen MR) is 97.2 cm³/mol. The van der Waals surface area contributed by atoms with E-state index in [9.17, 15) is 14.9 Å². The molecule has 0 saturated heterocycles. The first-order chi connectivity index (χ1) is 11.9. The van der Waals surface area contributed by atoms with Crippen LogP contribution in [0.15, 0.2) is 42.5 Å². The van der Waals surface area contributed by atoms with Gasteiger partial charge in [0, 0.05) is 11.8 Å². The summed E-state index contributed by atoms with van der Waals surface area (Å²) in [4.78, 5) is 22.7. The molecule has 0 unspecified atom stereocenters. The van der Waals surface area contributed by atoms with Gasteiger partial charge in [-0.05, 0) is 37.1 Å². The van der Waals surface area contributed by atoms with E-state index in [1.807, 2.05) is 24.3 Å². The molecule has 25 heavy (non-hydrogen) atoms. The van der Waals surface area contributed by atoms with Crippen molar-refractivity contribution in [3.05, 3.63) is 58.1 Å². The first-order valence-electron chi connectivity index (χ1n) is 7.93. The van der Waals surface area contributed by atoms with Crippen LogP contribution in [0.3, 0.4) is 0 Å². The van der Waals surface area contributed by atoms with Crippen LogP contribution >= 0.6 is 0 Å². The van der Waals surface area contributed by atoms with Crippen molar-refractivity contribution in [1.29, 1.82) is 0 Å². The molecule has 2 N–H and O–H groups in total. The van der Waals surface area contributed by atoms with Gasteiger partial charge in [0.25, 0.3) is 5.69 Å². The second-order valence-electron chi connectivity index (χ2n) is 5.55. The van der Waals surface area contributed by atoms with E-state index in [2.05, 4.69) is 17.6 Å². The third-order valence-corrected chi connectivity index (χ3v) is 3.79. The summed E-state index contributed by atoms with van der Waals surface area (Å²) in [5, 5.41) is 16.7. The molecular formula is C18H21N3O4. The number of nitro benzene ring substituents is 1. The van der Waals surface area contributed by atoms with Crippen molar-refractivity contribution in [3.8, 4) is 5.75 Å². The minimum Gasteiger partial charge on any atom is -0.494 e. The standard InChI is InChI=1S/C18H21N3O4/c1-4-13-5-7-14(8-6-13)19-12(2)18(22)20-16-10-9-15(21(23)24)11-17(16)25-3/h5-12,19H,4H2,1-3H3,(H,20,22)/t12-/m1/s1. The number of rotatable bonds is 7. The highest BCUT2D eigenvalue weighted by atomic mass is 16.6. The van der Waals surface area contributed by atoms with Crippen molar-refractivity contribution in [2.45, 2.75) is 26.3 Å². The minimum atomic E-state index is -0.516. The molecule has 1 amide bonds. The number of carbonyl (C=O) groups is 1. The number of methoxy groups -OCH3 is 1. The van der Waals surface area contributed by atoms with Crippen LogP contribution in [0, 0.1) is 10.1 Å². The van der Waals surface area contributed by atoms with Gasteiger partial charge in [-0.3, -0.25) is 14.9 Å². The van der Waals surface area contributed by atoms with E-state index in [-0.39, 0.29) is 17.3 Å². The number of carbonyl (C=O) groups excluding carboxylic acids is 1. The number of ether oxygens (including phenoxy) is 1. The molecule has 2 aromatic carbocycles. The second-order valence-corrected chi connectivity index (χ2v) is 5.55. The maximum Gasteiger partial charge on any atom is 0.273 e. The van der Waals surface area contributed by atoms with Gasteiger partial charge in [0.15, 0.2) is 0 Å². The molecule has 0 aliphatic heterocycles. The lowest BCUT2D eigenvalue weighted by atomic mass is 10.1. The van der Waals surface area contributed by atoms with Crippen molar-refractivity contribution in [1.82, 2.24) is 0 Å². The maximum atomic E-state index is 12.4. The lowest BCUT2D eigenvalue weighted by Crippen LogP contribution is -2.32. The Hall–Kier alpha value is -3.09. The SMILES string of the molecule is CCc1ccc(N[C@H](C)C(=O)Nc2ccc([N+](=O)[O-])cc2OC)cc1. The molecule has 0 saturated carbocycles. The third kappa shape index (κ3) is 4.69. The summed E-state index contributed by atoms with van der Waals surface area (Å²) in [7, 11) is 1.39. The van der Waals surface area contributed by atoms with Gasteiger partial charge in [0.2, 0.25) is 5.91 Å². The van der Waals surface area contributed by atoms with Crippen molar-refractivity contribution in [3.63, 3.8) is 0 Å². The van der Waals surface area contributed by atoms with Crippen LogP contribution in [-0.4, -0.2) is 24.0 Å². The van der Waals surface area contributed by atoms with E-state index in [1.165, 1.54) is 30.9 Å². The van der Waals surface area contributed by atoms with E-state index in [1.54, 1.807) is 6.92 Å². The molecule has 0 bridgehead atoms. The lowest BCUT2D eigenvalue weighted by molar-refractivity contribution is -0.384. The van der Waals surface area contributed by atoms with Crippen molar-refractivity contribution in [2.75, 3.05) is 17.7 Å². The number of amides is 1. The monoisotopic (exact) mass is 343 g/mol. The summed E-state index contributed by atoms with van der Waals surface area (Å²) in [6.45, 7) is 3.82. The van der Waals surface area contributed by atoms with Gasteiger partial charge in [-0.25, -0.2) is 0 Å². The summed E-state index contributed by atoms with van der Waals surface area (Å²) in [5.74, 6) is -0.0335. The van der Waals surface area contributed by atoms with E-state index in [0.29, 0.717) is 5.69 Å². The summed E-state index contributed by atoms with van der Waals surface area (Å²) >= 11 is 0. The Kier molecular flexibility index (Phi) is 5.94. The number of anilines is 2. The van der Waals surface area contributed by atoms with Gasteiger partial charge in [-0.15, -0.1) is 0 Å². The van der Waals surface area contributed by atoms with Crippen molar-refractivity contribution in [2.24, 2.45) is 0 Å². The smallest absolute Gasteiger partial charge is 0.273 e. The molecule has 0 fully saturated rings. The second kappa shape index (κ2) is 8.14. The quantitative estimate of drug-likeness (QED) is 0.592. The molecular weight excluding hydrogens is 322 g/mol. The molecule has 1 atom stereocenters. The molecule has 0 aromatic heterocycles. The van der Waals surface area contributed by atoms with Gasteiger partial charge < -0.3 is 15.4 Å². The Bertz CT molecular complexity index is 759. The first kappa shape index (κ1) is 18.3. The van der Waals surface area contributed by atoms with Crippen LogP contribution in [-0.2, 0) is 11.2 Å². The van der Waals surface area contributed by atoms with E-state index in [4.69, 9.17) is 4.74 Å². The molecule has 2 rings (SSSR count). The zero-order valence-corrected chi connectivity index (χ0v) is 14.4. The van der Waals surface area contributed by atoms with E-state index in [0.717, 1.165) is 12.1 Å². The number of aryl methyl sites for hydroxylation is 1. The van der Waals surface area contributed by atoms with E-state index < -0.39 is 11.0 Å². The molecule has 0 heterocycles. The average molecular weight is 343 g/mol. The largest absolute Gasteiger partial charge is 0.494 e. The zero-order chi connectivity index (χ0) is 18.4. The summed E-state index contributed by atoms with van der Waals surface area (Å²) < 4.78 is 5.12. The number of non-ortho nitro benzene ring substituents is 1. The topological polar surface area (TPSA) is 93.5 Å². The molecule has 0 aliphatic rings. The average Bonchev–Trinajstić information content (AvgIpc) is 2.62. The lowest BCUT2D eigenvalue weighted by Gasteiger charge is -2.16. The summed E-state index contributed by atoms with van der Waals surface area (Å²) in [5.41, 5.74) is 2.35. The Morgan fingerprint density at radius 3 is 2.48 bits per heavy atom.